The zero-order valence-electron chi connectivity index (χ0n) is 20.9. The number of hydrogen-bond donors (Lipinski definition) is 1. The number of aromatic amines is 1. The molecule has 0 atom stereocenters. The van der Waals surface area contributed by atoms with E-state index >= 15 is 0 Å². The summed E-state index contributed by atoms with van der Waals surface area (Å²) in [5, 5.41) is 0. The second-order valence-corrected chi connectivity index (χ2v) is 8.24. The van der Waals surface area contributed by atoms with Gasteiger partial charge in [-0.15, -0.1) is 0 Å². The van der Waals surface area contributed by atoms with Crippen LogP contribution < -0.4 is 18.9 Å². The number of carbonyl (C=O) groups excluding carboxylic acids is 1. The standard InChI is InChI=1S/C26H34N4O5/c1-5-33-22-14-18(15-23(34-6-2)25(22)35-7-3)26(31)30-12-10-29(11-13-30)17-24-27-20-9-8-19(32-4)16-21(20)28-24/h8-9,14-16H,5-7,10-13,17H2,1-4H3,(H,27,28). The summed E-state index contributed by atoms with van der Waals surface area (Å²) in [5.41, 5.74) is 2.42. The number of methoxy groups -OCH3 is 1. The first-order chi connectivity index (χ1) is 17.1. The van der Waals surface area contributed by atoms with E-state index < -0.39 is 0 Å². The third kappa shape index (κ3) is 5.62. The highest BCUT2D eigenvalue weighted by Gasteiger charge is 2.25. The summed E-state index contributed by atoms with van der Waals surface area (Å²) in [5.74, 6) is 3.27. The molecule has 0 spiro atoms. The minimum Gasteiger partial charge on any atom is -0.497 e. The quantitative estimate of drug-likeness (QED) is 0.471. The molecule has 3 aromatic rings. The summed E-state index contributed by atoms with van der Waals surface area (Å²) < 4.78 is 22.6. The van der Waals surface area contributed by atoms with Crippen molar-refractivity contribution in [2.24, 2.45) is 0 Å². The molecule has 0 aliphatic carbocycles. The van der Waals surface area contributed by atoms with E-state index in [1.165, 1.54) is 0 Å². The van der Waals surface area contributed by atoms with Gasteiger partial charge in [-0.05, 0) is 45.0 Å². The van der Waals surface area contributed by atoms with E-state index in [0.29, 0.717) is 62.3 Å². The molecule has 9 nitrogen and oxygen atoms in total. The number of ether oxygens (including phenoxy) is 4. The Hall–Kier alpha value is -3.46. The van der Waals surface area contributed by atoms with E-state index in [0.717, 1.165) is 35.7 Å². The number of rotatable bonds is 10. The van der Waals surface area contributed by atoms with Crippen LogP contribution in [0.2, 0.25) is 0 Å². The molecule has 0 unspecified atom stereocenters. The maximum absolute atomic E-state index is 13.3. The lowest BCUT2D eigenvalue weighted by molar-refractivity contribution is 0.0625. The van der Waals surface area contributed by atoms with Crippen LogP contribution in [0.1, 0.15) is 37.0 Å². The van der Waals surface area contributed by atoms with Gasteiger partial charge in [-0.3, -0.25) is 9.69 Å². The van der Waals surface area contributed by atoms with Crippen molar-refractivity contribution < 1.29 is 23.7 Å². The van der Waals surface area contributed by atoms with Gasteiger partial charge in [-0.1, -0.05) is 0 Å². The van der Waals surface area contributed by atoms with E-state index in [-0.39, 0.29) is 5.91 Å². The number of H-pyrrole nitrogens is 1. The molecule has 0 radical (unpaired) electrons. The van der Waals surface area contributed by atoms with Crippen LogP contribution in [0.5, 0.6) is 23.0 Å². The highest BCUT2D eigenvalue weighted by Crippen LogP contribution is 2.39. The zero-order chi connectivity index (χ0) is 24.8. The molecule has 1 saturated heterocycles. The van der Waals surface area contributed by atoms with Crippen molar-refractivity contribution >= 4 is 16.9 Å². The van der Waals surface area contributed by atoms with Crippen LogP contribution in [0, 0.1) is 0 Å². The SMILES string of the molecule is CCOc1cc(C(=O)N2CCN(Cc3nc4ccc(OC)cc4[nH]3)CC2)cc(OCC)c1OCC. The predicted octanol–water partition coefficient (Wildman–Crippen LogP) is 3.73. The highest BCUT2D eigenvalue weighted by atomic mass is 16.5. The molecule has 188 valence electrons. The van der Waals surface area contributed by atoms with Gasteiger partial charge < -0.3 is 28.8 Å². The van der Waals surface area contributed by atoms with Gasteiger partial charge in [0.1, 0.15) is 11.6 Å². The molecular formula is C26H34N4O5. The summed E-state index contributed by atoms with van der Waals surface area (Å²) in [6, 6.07) is 9.33. The number of aromatic nitrogens is 2. The number of piperazine rings is 1. The Bertz CT molecular complexity index is 1130. The Balaban J connectivity index is 1.43. The lowest BCUT2D eigenvalue weighted by Crippen LogP contribution is -2.48. The van der Waals surface area contributed by atoms with Crippen LogP contribution in [0.4, 0.5) is 0 Å². The number of amides is 1. The molecule has 1 amide bonds. The maximum atomic E-state index is 13.3. The first-order valence-electron chi connectivity index (χ1n) is 12.2. The third-order valence-electron chi connectivity index (χ3n) is 5.93. The Kier molecular flexibility index (Phi) is 7.97. The van der Waals surface area contributed by atoms with Crippen LogP contribution in [0.15, 0.2) is 30.3 Å². The lowest BCUT2D eigenvalue weighted by atomic mass is 10.1. The van der Waals surface area contributed by atoms with Gasteiger partial charge in [0.15, 0.2) is 11.5 Å². The third-order valence-corrected chi connectivity index (χ3v) is 5.93. The van der Waals surface area contributed by atoms with Crippen LogP contribution >= 0.6 is 0 Å². The summed E-state index contributed by atoms with van der Waals surface area (Å²) in [6.07, 6.45) is 0. The number of hydrogen-bond acceptors (Lipinski definition) is 7. The van der Waals surface area contributed by atoms with Gasteiger partial charge in [0.25, 0.3) is 5.91 Å². The van der Waals surface area contributed by atoms with E-state index in [1.54, 1.807) is 19.2 Å². The second kappa shape index (κ2) is 11.3. The summed E-state index contributed by atoms with van der Waals surface area (Å²) in [7, 11) is 1.65. The fourth-order valence-corrected chi connectivity index (χ4v) is 4.26. The summed E-state index contributed by atoms with van der Waals surface area (Å²) in [4.78, 5) is 25.6. The minimum absolute atomic E-state index is 0.0366. The van der Waals surface area contributed by atoms with Gasteiger partial charge in [0.05, 0.1) is 44.5 Å². The largest absolute Gasteiger partial charge is 0.497 e. The summed E-state index contributed by atoms with van der Waals surface area (Å²) >= 11 is 0. The van der Waals surface area contributed by atoms with E-state index in [9.17, 15) is 4.79 Å². The average Bonchev–Trinajstić information content (AvgIpc) is 3.27. The van der Waals surface area contributed by atoms with Crippen molar-refractivity contribution in [3.05, 3.63) is 41.7 Å². The van der Waals surface area contributed by atoms with E-state index in [2.05, 4.69) is 14.9 Å². The van der Waals surface area contributed by atoms with Crippen LogP contribution in [0.25, 0.3) is 11.0 Å². The monoisotopic (exact) mass is 482 g/mol. The molecule has 0 bridgehead atoms. The molecule has 1 fully saturated rings. The smallest absolute Gasteiger partial charge is 0.254 e. The average molecular weight is 483 g/mol. The predicted molar refractivity (Wildman–Crippen MR) is 134 cm³/mol. The van der Waals surface area contributed by atoms with Crippen LogP contribution in [-0.4, -0.2) is 78.8 Å². The molecule has 0 saturated carbocycles. The van der Waals surface area contributed by atoms with Crippen molar-refractivity contribution in [2.45, 2.75) is 27.3 Å². The van der Waals surface area contributed by atoms with Gasteiger partial charge >= 0.3 is 0 Å². The Morgan fingerprint density at radius 3 is 2.20 bits per heavy atom. The molecular weight excluding hydrogens is 448 g/mol. The van der Waals surface area contributed by atoms with Gasteiger partial charge in [0.2, 0.25) is 5.75 Å². The maximum Gasteiger partial charge on any atom is 0.254 e. The Morgan fingerprint density at radius 1 is 0.943 bits per heavy atom. The number of imidazole rings is 1. The number of carbonyl (C=O) groups is 1. The first kappa shape index (κ1) is 24.7. The lowest BCUT2D eigenvalue weighted by Gasteiger charge is -2.34. The molecule has 35 heavy (non-hydrogen) atoms. The van der Waals surface area contributed by atoms with E-state index in [1.807, 2.05) is 43.9 Å². The number of fused-ring (bicyclic) bond motifs is 1. The molecule has 1 aliphatic rings. The van der Waals surface area contributed by atoms with Crippen molar-refractivity contribution in [3.63, 3.8) is 0 Å². The number of benzene rings is 2. The Labute approximate surface area is 205 Å². The van der Waals surface area contributed by atoms with Gasteiger partial charge in [-0.25, -0.2) is 4.98 Å². The molecule has 2 aromatic carbocycles. The molecule has 1 aromatic heterocycles. The second-order valence-electron chi connectivity index (χ2n) is 8.24. The Morgan fingerprint density at radius 2 is 1.60 bits per heavy atom. The van der Waals surface area contributed by atoms with E-state index in [4.69, 9.17) is 18.9 Å². The molecule has 2 heterocycles. The summed E-state index contributed by atoms with van der Waals surface area (Å²) in [6.45, 7) is 10.6. The van der Waals surface area contributed by atoms with Crippen molar-refractivity contribution in [1.82, 2.24) is 19.8 Å². The molecule has 1 aliphatic heterocycles. The number of nitrogens with zero attached hydrogens (tertiary/aromatic N) is 3. The molecule has 1 N–H and O–H groups in total. The topological polar surface area (TPSA) is 89.2 Å². The highest BCUT2D eigenvalue weighted by molar-refractivity contribution is 5.95. The van der Waals surface area contributed by atoms with Gasteiger partial charge in [0, 0.05) is 37.8 Å². The van der Waals surface area contributed by atoms with Crippen molar-refractivity contribution in [1.29, 1.82) is 0 Å². The fourth-order valence-electron chi connectivity index (χ4n) is 4.26. The number of nitrogens with one attached hydrogen (secondary N) is 1. The zero-order valence-corrected chi connectivity index (χ0v) is 20.9. The minimum atomic E-state index is -0.0366. The fraction of sp³-hybridized carbons (Fsp3) is 0.462. The van der Waals surface area contributed by atoms with Crippen LogP contribution in [0.3, 0.4) is 0 Å². The van der Waals surface area contributed by atoms with Gasteiger partial charge in [-0.2, -0.15) is 0 Å². The normalized spacial score (nSPS) is 14.2. The molecule has 4 rings (SSSR count). The van der Waals surface area contributed by atoms with Crippen molar-refractivity contribution in [3.8, 4) is 23.0 Å². The first-order valence-corrected chi connectivity index (χ1v) is 12.2. The van der Waals surface area contributed by atoms with Crippen LogP contribution in [-0.2, 0) is 6.54 Å². The molecule has 9 heteroatoms. The van der Waals surface area contributed by atoms with Crippen molar-refractivity contribution in [2.75, 3.05) is 53.1 Å².